The molecule has 9 heteroatoms. The molecule has 1 fully saturated rings. The van der Waals surface area contributed by atoms with Gasteiger partial charge in [0, 0.05) is 39.1 Å². The van der Waals surface area contributed by atoms with Gasteiger partial charge in [-0.1, -0.05) is 11.3 Å². The maximum atomic E-state index is 11.9. The fourth-order valence-electron chi connectivity index (χ4n) is 1.85. The summed E-state index contributed by atoms with van der Waals surface area (Å²) in [6, 6.07) is 0. The second-order valence-corrected chi connectivity index (χ2v) is 5.40. The second kappa shape index (κ2) is 6.53. The lowest BCUT2D eigenvalue weighted by Crippen LogP contribution is -2.43. The van der Waals surface area contributed by atoms with Crippen molar-refractivity contribution in [2.45, 2.75) is 6.42 Å². The average Bonchev–Trinajstić information content (AvgIpc) is 2.81. The van der Waals surface area contributed by atoms with Crippen LogP contribution >= 0.6 is 11.3 Å². The number of hydrogen-bond acceptors (Lipinski definition) is 7. The molecule has 8 nitrogen and oxygen atoms in total. The Morgan fingerprint density at radius 3 is 2.75 bits per heavy atom. The van der Waals surface area contributed by atoms with Crippen LogP contribution in [-0.2, 0) is 4.79 Å². The third-order valence-electron chi connectivity index (χ3n) is 2.89. The largest absolute Gasteiger partial charge is 0.382 e. The van der Waals surface area contributed by atoms with E-state index in [4.69, 9.17) is 11.5 Å². The van der Waals surface area contributed by atoms with Gasteiger partial charge in [0.2, 0.25) is 5.91 Å². The van der Waals surface area contributed by atoms with E-state index < -0.39 is 5.91 Å². The number of thiazole rings is 1. The molecule has 0 aromatic carbocycles. The molecule has 1 saturated heterocycles. The van der Waals surface area contributed by atoms with Crippen LogP contribution in [-0.4, -0.2) is 49.5 Å². The fraction of sp³-hybridized carbons (Fsp3) is 0.545. The number of carbonyl (C=O) groups excluding carboxylic acids is 2. The summed E-state index contributed by atoms with van der Waals surface area (Å²) < 4.78 is 0. The van der Waals surface area contributed by atoms with Crippen LogP contribution in [0.5, 0.6) is 0 Å². The van der Waals surface area contributed by atoms with E-state index in [-0.39, 0.29) is 24.7 Å². The van der Waals surface area contributed by atoms with E-state index in [1.807, 2.05) is 0 Å². The van der Waals surface area contributed by atoms with Crippen molar-refractivity contribution in [2.24, 2.45) is 5.73 Å². The van der Waals surface area contributed by atoms with Crippen LogP contribution in [0.2, 0.25) is 0 Å². The molecule has 1 aliphatic rings. The Hall–Kier alpha value is -1.87. The highest BCUT2D eigenvalue weighted by Crippen LogP contribution is 2.28. The van der Waals surface area contributed by atoms with E-state index in [0.717, 1.165) is 31.3 Å². The van der Waals surface area contributed by atoms with Gasteiger partial charge < -0.3 is 27.0 Å². The van der Waals surface area contributed by atoms with Gasteiger partial charge >= 0.3 is 0 Å². The molecule has 1 aliphatic heterocycles. The SMILES string of the molecule is NC(=O)CCNC(=O)c1sc(N2CCNCC2)nc1N. The summed E-state index contributed by atoms with van der Waals surface area (Å²) >= 11 is 1.27. The second-order valence-electron chi connectivity index (χ2n) is 4.42. The van der Waals surface area contributed by atoms with E-state index >= 15 is 0 Å². The summed E-state index contributed by atoms with van der Waals surface area (Å²) in [4.78, 5) is 29.3. The molecule has 1 aromatic rings. The first-order chi connectivity index (χ1) is 9.58. The van der Waals surface area contributed by atoms with Gasteiger partial charge in [0.25, 0.3) is 5.91 Å². The Balaban J connectivity index is 1.99. The van der Waals surface area contributed by atoms with Crippen LogP contribution in [0.1, 0.15) is 16.1 Å². The van der Waals surface area contributed by atoms with Crippen LogP contribution in [0.25, 0.3) is 0 Å². The van der Waals surface area contributed by atoms with Gasteiger partial charge in [-0.2, -0.15) is 0 Å². The average molecular weight is 298 g/mol. The van der Waals surface area contributed by atoms with Crippen molar-refractivity contribution in [3.05, 3.63) is 4.88 Å². The molecule has 2 amide bonds. The van der Waals surface area contributed by atoms with Gasteiger partial charge in [-0.25, -0.2) is 4.98 Å². The van der Waals surface area contributed by atoms with E-state index in [0.29, 0.717) is 4.88 Å². The van der Waals surface area contributed by atoms with Gasteiger partial charge in [0.15, 0.2) is 5.13 Å². The lowest BCUT2D eigenvalue weighted by molar-refractivity contribution is -0.117. The van der Waals surface area contributed by atoms with E-state index in [2.05, 4.69) is 20.5 Å². The Morgan fingerprint density at radius 2 is 2.10 bits per heavy atom. The Bertz CT molecular complexity index is 497. The molecule has 2 heterocycles. The number of aromatic nitrogens is 1. The Kier molecular flexibility index (Phi) is 4.74. The van der Waals surface area contributed by atoms with Crippen molar-refractivity contribution in [1.29, 1.82) is 0 Å². The van der Waals surface area contributed by atoms with Crippen molar-refractivity contribution in [1.82, 2.24) is 15.6 Å². The first kappa shape index (κ1) is 14.5. The zero-order valence-electron chi connectivity index (χ0n) is 11.0. The number of nitrogens with one attached hydrogen (secondary N) is 2. The summed E-state index contributed by atoms with van der Waals surface area (Å²) in [5.74, 6) is -0.549. The number of hydrogen-bond donors (Lipinski definition) is 4. The van der Waals surface area contributed by atoms with Crippen LogP contribution < -0.4 is 27.0 Å². The number of nitrogen functional groups attached to an aromatic ring is 1. The summed E-state index contributed by atoms with van der Waals surface area (Å²) in [7, 11) is 0. The number of rotatable bonds is 5. The molecule has 110 valence electrons. The maximum absolute atomic E-state index is 11.9. The van der Waals surface area contributed by atoms with Crippen LogP contribution in [0.3, 0.4) is 0 Å². The predicted molar refractivity (Wildman–Crippen MR) is 77.8 cm³/mol. The first-order valence-corrected chi connectivity index (χ1v) is 7.18. The molecule has 0 aliphatic carbocycles. The smallest absolute Gasteiger partial charge is 0.265 e. The summed E-state index contributed by atoms with van der Waals surface area (Å²) in [6.45, 7) is 3.67. The first-order valence-electron chi connectivity index (χ1n) is 6.36. The van der Waals surface area contributed by atoms with Gasteiger partial charge in [-0.05, 0) is 0 Å². The molecule has 1 aromatic heterocycles. The van der Waals surface area contributed by atoms with Crippen LogP contribution in [0.15, 0.2) is 0 Å². The topological polar surface area (TPSA) is 126 Å². The van der Waals surface area contributed by atoms with Gasteiger partial charge in [-0.15, -0.1) is 0 Å². The van der Waals surface area contributed by atoms with Crippen LogP contribution in [0, 0.1) is 0 Å². The standard InChI is InChI=1S/C11H18N6O2S/c12-7(18)1-2-15-10(19)8-9(13)16-11(20-8)17-5-3-14-4-6-17/h14H,1-6,13H2,(H2,12,18)(H,15,19). The lowest BCUT2D eigenvalue weighted by atomic mass is 10.4. The predicted octanol–water partition coefficient (Wildman–Crippen LogP) is -1.26. The highest BCUT2D eigenvalue weighted by molar-refractivity contribution is 7.18. The molecule has 0 unspecified atom stereocenters. The maximum Gasteiger partial charge on any atom is 0.265 e. The third kappa shape index (κ3) is 3.58. The zero-order valence-corrected chi connectivity index (χ0v) is 11.8. The number of primary amides is 1. The molecule has 0 atom stereocenters. The summed E-state index contributed by atoms with van der Waals surface area (Å²) in [5, 5.41) is 6.61. The van der Waals surface area contributed by atoms with Crippen molar-refractivity contribution in [2.75, 3.05) is 43.4 Å². The molecule has 0 radical (unpaired) electrons. The quantitative estimate of drug-likeness (QED) is 0.537. The number of amides is 2. The lowest BCUT2D eigenvalue weighted by Gasteiger charge is -2.26. The van der Waals surface area contributed by atoms with Gasteiger partial charge in [0.1, 0.15) is 10.7 Å². The summed E-state index contributed by atoms with van der Waals surface area (Å²) in [5.41, 5.74) is 10.8. The highest BCUT2D eigenvalue weighted by atomic mass is 32.1. The van der Waals surface area contributed by atoms with Crippen molar-refractivity contribution in [3.8, 4) is 0 Å². The van der Waals surface area contributed by atoms with Crippen molar-refractivity contribution in [3.63, 3.8) is 0 Å². The highest BCUT2D eigenvalue weighted by Gasteiger charge is 2.20. The molecule has 0 saturated carbocycles. The third-order valence-corrected chi connectivity index (χ3v) is 4.02. The van der Waals surface area contributed by atoms with E-state index in [9.17, 15) is 9.59 Å². The zero-order chi connectivity index (χ0) is 14.5. The Labute approximate surface area is 120 Å². The molecule has 20 heavy (non-hydrogen) atoms. The van der Waals surface area contributed by atoms with Gasteiger partial charge in [-0.3, -0.25) is 9.59 Å². The molecule has 0 bridgehead atoms. The molecule has 2 rings (SSSR count). The molecule has 6 N–H and O–H groups in total. The number of piperazine rings is 1. The molecular weight excluding hydrogens is 280 g/mol. The van der Waals surface area contributed by atoms with Crippen molar-refractivity contribution < 1.29 is 9.59 Å². The van der Waals surface area contributed by atoms with Crippen molar-refractivity contribution >= 4 is 34.1 Å². The summed E-state index contributed by atoms with van der Waals surface area (Å²) in [6.07, 6.45) is 0.106. The normalized spacial score (nSPS) is 15.1. The number of nitrogens with two attached hydrogens (primary N) is 2. The van der Waals surface area contributed by atoms with Gasteiger partial charge in [0.05, 0.1) is 0 Å². The fourth-order valence-corrected chi connectivity index (χ4v) is 2.81. The van der Waals surface area contributed by atoms with Crippen LogP contribution in [0.4, 0.5) is 10.9 Å². The van der Waals surface area contributed by atoms with E-state index in [1.54, 1.807) is 0 Å². The molecule has 0 spiro atoms. The minimum Gasteiger partial charge on any atom is -0.382 e. The monoisotopic (exact) mass is 298 g/mol. The number of carbonyl (C=O) groups is 2. The minimum absolute atomic E-state index is 0.106. The molecular formula is C11H18N6O2S. The van der Waals surface area contributed by atoms with E-state index in [1.165, 1.54) is 11.3 Å². The number of nitrogens with zero attached hydrogens (tertiary/aromatic N) is 2. The number of anilines is 2. The minimum atomic E-state index is -0.455. The Morgan fingerprint density at radius 1 is 1.40 bits per heavy atom.